The molecule has 0 aliphatic rings. The van der Waals surface area contributed by atoms with E-state index >= 15 is 0 Å². The monoisotopic (exact) mass is 204 g/mol. The highest BCUT2D eigenvalue weighted by molar-refractivity contribution is 5.89. The number of rotatable bonds is 3. The van der Waals surface area contributed by atoms with Crippen molar-refractivity contribution in [3.63, 3.8) is 0 Å². The molecule has 0 saturated heterocycles. The Hall–Kier alpha value is -1.57. The van der Waals surface area contributed by atoms with Crippen LogP contribution in [0.4, 0.5) is 0 Å². The summed E-state index contributed by atoms with van der Waals surface area (Å²) in [6.45, 7) is 6.27. The van der Waals surface area contributed by atoms with E-state index in [1.165, 1.54) is 0 Å². The van der Waals surface area contributed by atoms with E-state index in [1.54, 1.807) is 12.1 Å². The quantitative estimate of drug-likeness (QED) is 0.558. The fraction of sp³-hybridized carbons (Fsp3) is 0.308. The summed E-state index contributed by atoms with van der Waals surface area (Å²) in [6.07, 6.45) is 1.88. The maximum absolute atomic E-state index is 11.5. The Bertz CT molecular complexity index is 357. The molecule has 0 radical (unpaired) electrons. The van der Waals surface area contributed by atoms with Crippen LogP contribution in [0.15, 0.2) is 35.9 Å². The maximum atomic E-state index is 11.5. The standard InChI is InChI=1S/C13H16O2/c1-10(2)8-9-15-13(14)12-6-4-11(3)5-7-12/h4-8H,9H2,1-3H3. The largest absolute Gasteiger partial charge is 0.458 e. The van der Waals surface area contributed by atoms with Gasteiger partial charge in [-0.05, 0) is 39.0 Å². The molecule has 0 bridgehead atoms. The van der Waals surface area contributed by atoms with E-state index in [4.69, 9.17) is 4.74 Å². The molecule has 1 aromatic rings. The van der Waals surface area contributed by atoms with E-state index in [1.807, 2.05) is 39.0 Å². The lowest BCUT2D eigenvalue weighted by molar-refractivity contribution is 0.0549. The van der Waals surface area contributed by atoms with Gasteiger partial charge in [0.2, 0.25) is 0 Å². The minimum absolute atomic E-state index is 0.271. The Balaban J connectivity index is 2.54. The van der Waals surface area contributed by atoms with Gasteiger partial charge in [-0.3, -0.25) is 0 Å². The molecule has 0 saturated carbocycles. The zero-order valence-electron chi connectivity index (χ0n) is 9.41. The number of aryl methyl sites for hydroxylation is 1. The molecule has 0 fully saturated rings. The van der Waals surface area contributed by atoms with Gasteiger partial charge >= 0.3 is 5.97 Å². The van der Waals surface area contributed by atoms with E-state index in [9.17, 15) is 4.79 Å². The Morgan fingerprint density at radius 2 is 1.87 bits per heavy atom. The van der Waals surface area contributed by atoms with Gasteiger partial charge in [-0.25, -0.2) is 4.79 Å². The van der Waals surface area contributed by atoms with Crippen LogP contribution >= 0.6 is 0 Å². The maximum Gasteiger partial charge on any atom is 0.338 e. The van der Waals surface area contributed by atoms with Gasteiger partial charge in [-0.1, -0.05) is 23.3 Å². The molecule has 0 amide bonds. The Morgan fingerprint density at radius 3 is 2.40 bits per heavy atom. The molecule has 1 aromatic carbocycles. The topological polar surface area (TPSA) is 26.3 Å². The molecule has 15 heavy (non-hydrogen) atoms. The molecule has 0 unspecified atom stereocenters. The number of hydrogen-bond acceptors (Lipinski definition) is 2. The molecule has 0 atom stereocenters. The fourth-order valence-electron chi connectivity index (χ4n) is 1.06. The van der Waals surface area contributed by atoms with E-state index < -0.39 is 0 Å². The van der Waals surface area contributed by atoms with Crippen molar-refractivity contribution >= 4 is 5.97 Å². The summed E-state index contributed by atoms with van der Waals surface area (Å²) >= 11 is 0. The molecule has 80 valence electrons. The van der Waals surface area contributed by atoms with Gasteiger partial charge in [0.1, 0.15) is 6.61 Å². The number of esters is 1. The zero-order valence-corrected chi connectivity index (χ0v) is 9.41. The number of ether oxygens (including phenoxy) is 1. The summed E-state index contributed by atoms with van der Waals surface area (Å²) in [7, 11) is 0. The number of carbonyl (C=O) groups is 1. The van der Waals surface area contributed by atoms with Crippen molar-refractivity contribution in [3.8, 4) is 0 Å². The van der Waals surface area contributed by atoms with Gasteiger partial charge < -0.3 is 4.74 Å². The molecule has 0 N–H and O–H groups in total. The molecule has 1 rings (SSSR count). The van der Waals surface area contributed by atoms with Crippen molar-refractivity contribution in [3.05, 3.63) is 47.0 Å². The van der Waals surface area contributed by atoms with Crippen molar-refractivity contribution in [2.75, 3.05) is 6.61 Å². The van der Waals surface area contributed by atoms with Crippen LogP contribution in [0.5, 0.6) is 0 Å². The van der Waals surface area contributed by atoms with Crippen LogP contribution in [0.2, 0.25) is 0 Å². The van der Waals surface area contributed by atoms with Gasteiger partial charge in [0.25, 0.3) is 0 Å². The zero-order chi connectivity index (χ0) is 11.3. The second-order valence-electron chi connectivity index (χ2n) is 3.75. The average Bonchev–Trinajstić information content (AvgIpc) is 2.18. The Morgan fingerprint density at radius 1 is 1.27 bits per heavy atom. The first kappa shape index (κ1) is 11.5. The van der Waals surface area contributed by atoms with Gasteiger partial charge in [0.05, 0.1) is 5.56 Å². The molecule has 0 aliphatic heterocycles. The first-order valence-corrected chi connectivity index (χ1v) is 4.97. The molecular formula is C13H16O2. The fourth-order valence-corrected chi connectivity index (χ4v) is 1.06. The van der Waals surface area contributed by atoms with Crippen LogP contribution in [0.1, 0.15) is 29.8 Å². The third-order valence-corrected chi connectivity index (χ3v) is 1.99. The molecule has 0 aliphatic carbocycles. The van der Waals surface area contributed by atoms with E-state index in [0.717, 1.165) is 11.1 Å². The normalized spacial score (nSPS) is 9.53. The third kappa shape index (κ3) is 3.98. The van der Waals surface area contributed by atoms with Crippen molar-refractivity contribution < 1.29 is 9.53 Å². The Kier molecular flexibility index (Phi) is 4.10. The van der Waals surface area contributed by atoms with Crippen molar-refractivity contribution in [1.29, 1.82) is 0 Å². The average molecular weight is 204 g/mol. The predicted octanol–water partition coefficient (Wildman–Crippen LogP) is 3.12. The van der Waals surface area contributed by atoms with Gasteiger partial charge in [-0.2, -0.15) is 0 Å². The van der Waals surface area contributed by atoms with Crippen LogP contribution in [0, 0.1) is 6.92 Å². The second-order valence-corrected chi connectivity index (χ2v) is 3.75. The minimum Gasteiger partial charge on any atom is -0.458 e. The smallest absolute Gasteiger partial charge is 0.338 e. The molecule has 0 spiro atoms. The Labute approximate surface area is 90.6 Å². The molecule has 0 aromatic heterocycles. The summed E-state index contributed by atoms with van der Waals surface area (Å²) in [6, 6.07) is 7.36. The van der Waals surface area contributed by atoms with E-state index in [-0.39, 0.29) is 5.97 Å². The minimum atomic E-state index is -0.271. The first-order chi connectivity index (χ1) is 7.09. The van der Waals surface area contributed by atoms with Crippen LogP contribution in [-0.4, -0.2) is 12.6 Å². The SMILES string of the molecule is CC(C)=CCOC(=O)c1ccc(C)cc1. The van der Waals surface area contributed by atoms with Crippen LogP contribution < -0.4 is 0 Å². The van der Waals surface area contributed by atoms with Crippen LogP contribution in [0.25, 0.3) is 0 Å². The highest BCUT2D eigenvalue weighted by atomic mass is 16.5. The first-order valence-electron chi connectivity index (χ1n) is 4.97. The lowest BCUT2D eigenvalue weighted by atomic mass is 10.1. The van der Waals surface area contributed by atoms with Crippen molar-refractivity contribution in [2.24, 2.45) is 0 Å². The molecule has 2 nitrogen and oxygen atoms in total. The summed E-state index contributed by atoms with van der Waals surface area (Å²) in [4.78, 5) is 11.5. The number of carbonyl (C=O) groups excluding carboxylic acids is 1. The van der Waals surface area contributed by atoms with Gasteiger partial charge in [0.15, 0.2) is 0 Å². The highest BCUT2D eigenvalue weighted by Crippen LogP contribution is 2.04. The van der Waals surface area contributed by atoms with Crippen molar-refractivity contribution in [1.82, 2.24) is 0 Å². The summed E-state index contributed by atoms with van der Waals surface area (Å²) in [5, 5.41) is 0. The van der Waals surface area contributed by atoms with Gasteiger partial charge in [0, 0.05) is 0 Å². The van der Waals surface area contributed by atoms with Crippen molar-refractivity contribution in [2.45, 2.75) is 20.8 Å². The van der Waals surface area contributed by atoms with E-state index in [0.29, 0.717) is 12.2 Å². The van der Waals surface area contributed by atoms with Gasteiger partial charge in [-0.15, -0.1) is 0 Å². The number of hydrogen-bond donors (Lipinski definition) is 0. The lowest BCUT2D eigenvalue weighted by Crippen LogP contribution is -2.05. The number of benzene rings is 1. The van der Waals surface area contributed by atoms with E-state index in [2.05, 4.69) is 0 Å². The summed E-state index contributed by atoms with van der Waals surface area (Å²) in [5.41, 5.74) is 2.88. The van der Waals surface area contributed by atoms with Crippen LogP contribution in [0.3, 0.4) is 0 Å². The highest BCUT2D eigenvalue weighted by Gasteiger charge is 2.04. The van der Waals surface area contributed by atoms with Crippen LogP contribution in [-0.2, 0) is 4.74 Å². The summed E-state index contributed by atoms with van der Waals surface area (Å²) < 4.78 is 5.06. The molecule has 2 heteroatoms. The number of allylic oxidation sites excluding steroid dienone is 1. The second kappa shape index (κ2) is 5.35. The third-order valence-electron chi connectivity index (χ3n) is 1.99. The molecular weight excluding hydrogens is 188 g/mol. The predicted molar refractivity (Wildman–Crippen MR) is 60.9 cm³/mol. The summed E-state index contributed by atoms with van der Waals surface area (Å²) in [5.74, 6) is -0.271. The molecule has 0 heterocycles. The lowest BCUT2D eigenvalue weighted by Gasteiger charge is -2.02.